The fourth-order valence-electron chi connectivity index (χ4n) is 1.38. The Morgan fingerprint density at radius 1 is 1.15 bits per heavy atom. The van der Waals surface area contributed by atoms with Crippen molar-refractivity contribution in [1.29, 1.82) is 0 Å². The summed E-state index contributed by atoms with van der Waals surface area (Å²) in [6, 6.07) is 0. The van der Waals surface area contributed by atoms with Crippen LogP contribution in [0.15, 0.2) is 18.6 Å². The van der Waals surface area contributed by atoms with E-state index in [1.54, 1.807) is 18.6 Å². The van der Waals surface area contributed by atoms with Gasteiger partial charge in [-0.1, -0.05) is 12.8 Å². The van der Waals surface area contributed by atoms with Gasteiger partial charge >= 0.3 is 0 Å². The molecule has 1 fully saturated rings. The lowest BCUT2D eigenvalue weighted by atomic mass is 10.3. The van der Waals surface area contributed by atoms with Gasteiger partial charge in [-0.15, -0.1) is 0 Å². The average Bonchev–Trinajstić information content (AvgIpc) is 2.20. The summed E-state index contributed by atoms with van der Waals surface area (Å²) in [6.07, 6.45) is 5.22. The first-order valence-electron chi connectivity index (χ1n) is 4.31. The number of thiol groups is 1. The summed E-state index contributed by atoms with van der Waals surface area (Å²) >= 11 is 4.29. The second-order valence-corrected chi connectivity index (χ2v) is 3.57. The Labute approximate surface area is 83.1 Å². The van der Waals surface area contributed by atoms with Crippen LogP contribution < -0.4 is 4.90 Å². The molecule has 0 N–H and O–H groups in total. The summed E-state index contributed by atoms with van der Waals surface area (Å²) in [4.78, 5) is 10.5. The number of piperazine rings is 1. The fraction of sp³-hybridized carbons (Fsp3) is 0.500. The zero-order valence-corrected chi connectivity index (χ0v) is 8.19. The van der Waals surface area contributed by atoms with Gasteiger partial charge in [0, 0.05) is 38.6 Å². The second-order valence-electron chi connectivity index (χ2n) is 3.00. The first-order valence-corrected chi connectivity index (χ1v) is 4.71. The van der Waals surface area contributed by atoms with Crippen molar-refractivity contribution in [3.8, 4) is 0 Å². The number of rotatable bonds is 1. The molecule has 0 aromatic carbocycles. The normalized spacial score (nSPS) is 19.0. The summed E-state index contributed by atoms with van der Waals surface area (Å²) in [7, 11) is 0. The Morgan fingerprint density at radius 2 is 1.92 bits per heavy atom. The van der Waals surface area contributed by atoms with E-state index < -0.39 is 0 Å². The van der Waals surface area contributed by atoms with Gasteiger partial charge in [0.25, 0.3) is 0 Å². The van der Waals surface area contributed by atoms with Gasteiger partial charge < -0.3 is 4.90 Å². The molecule has 0 spiro atoms. The standard InChI is InChI=1S/C8H12N4S/c13-12-5-3-11(4-6-12)8-7-9-1-2-10-8/h1-2,7,13H,3-6H2. The largest absolute Gasteiger partial charge is 0.353 e. The van der Waals surface area contributed by atoms with Crippen molar-refractivity contribution in [2.45, 2.75) is 0 Å². The highest BCUT2D eigenvalue weighted by Gasteiger charge is 2.15. The maximum absolute atomic E-state index is 4.29. The molecule has 0 aliphatic carbocycles. The molecule has 1 aromatic heterocycles. The highest BCUT2D eigenvalue weighted by atomic mass is 32.1. The van der Waals surface area contributed by atoms with Gasteiger partial charge in [0.05, 0.1) is 6.20 Å². The summed E-state index contributed by atoms with van der Waals surface area (Å²) in [5, 5.41) is 0. The molecular weight excluding hydrogens is 184 g/mol. The summed E-state index contributed by atoms with van der Waals surface area (Å²) in [6.45, 7) is 3.89. The van der Waals surface area contributed by atoms with Crippen LogP contribution in [0.1, 0.15) is 0 Å². The van der Waals surface area contributed by atoms with Crippen LogP contribution in [-0.2, 0) is 0 Å². The minimum Gasteiger partial charge on any atom is -0.353 e. The zero-order valence-electron chi connectivity index (χ0n) is 7.30. The van der Waals surface area contributed by atoms with E-state index in [0.29, 0.717) is 0 Å². The van der Waals surface area contributed by atoms with Crippen LogP contribution in [0.4, 0.5) is 5.82 Å². The molecule has 1 saturated heterocycles. The number of anilines is 1. The van der Waals surface area contributed by atoms with Crippen LogP contribution in [0.25, 0.3) is 0 Å². The summed E-state index contributed by atoms with van der Waals surface area (Å²) < 4.78 is 2.02. The highest BCUT2D eigenvalue weighted by Crippen LogP contribution is 2.11. The van der Waals surface area contributed by atoms with Crippen molar-refractivity contribution < 1.29 is 0 Å². The third kappa shape index (κ3) is 2.10. The van der Waals surface area contributed by atoms with Crippen LogP contribution in [0.3, 0.4) is 0 Å². The molecule has 5 heteroatoms. The van der Waals surface area contributed by atoms with Crippen LogP contribution in [0.2, 0.25) is 0 Å². The molecule has 2 heterocycles. The molecule has 1 aliphatic rings. The van der Waals surface area contributed by atoms with Crippen LogP contribution in [0, 0.1) is 0 Å². The van der Waals surface area contributed by atoms with Crippen molar-refractivity contribution in [3.05, 3.63) is 18.6 Å². The van der Waals surface area contributed by atoms with E-state index in [1.807, 2.05) is 4.31 Å². The number of aromatic nitrogens is 2. The van der Waals surface area contributed by atoms with Crippen molar-refractivity contribution in [2.24, 2.45) is 0 Å². The molecule has 13 heavy (non-hydrogen) atoms. The predicted octanol–water partition coefficient (Wildman–Crippen LogP) is 0.443. The van der Waals surface area contributed by atoms with Gasteiger partial charge in [-0.05, 0) is 0 Å². The Bertz CT molecular complexity index is 258. The third-order valence-corrected chi connectivity index (χ3v) is 2.53. The summed E-state index contributed by atoms with van der Waals surface area (Å²) in [5.41, 5.74) is 0. The van der Waals surface area contributed by atoms with E-state index in [2.05, 4.69) is 27.7 Å². The van der Waals surface area contributed by atoms with Gasteiger partial charge in [-0.2, -0.15) is 0 Å². The molecule has 0 amide bonds. The molecule has 1 aromatic rings. The smallest absolute Gasteiger partial charge is 0.147 e. The van der Waals surface area contributed by atoms with Crippen molar-refractivity contribution in [2.75, 3.05) is 31.1 Å². The van der Waals surface area contributed by atoms with E-state index in [0.717, 1.165) is 32.0 Å². The first kappa shape index (κ1) is 8.77. The molecule has 0 saturated carbocycles. The lowest BCUT2D eigenvalue weighted by Crippen LogP contribution is -2.42. The summed E-state index contributed by atoms with van der Waals surface area (Å²) in [5.74, 6) is 0.962. The first-order chi connectivity index (χ1) is 6.36. The van der Waals surface area contributed by atoms with Gasteiger partial charge in [0.1, 0.15) is 5.82 Å². The Balaban J connectivity index is 2.03. The Hall–Kier alpha value is -0.810. The zero-order chi connectivity index (χ0) is 9.10. The fourth-order valence-corrected chi connectivity index (χ4v) is 1.56. The number of nitrogens with zero attached hydrogens (tertiary/aromatic N) is 4. The Kier molecular flexibility index (Phi) is 2.65. The van der Waals surface area contributed by atoms with E-state index in [1.165, 1.54) is 0 Å². The van der Waals surface area contributed by atoms with Crippen molar-refractivity contribution >= 4 is 18.6 Å². The van der Waals surface area contributed by atoms with Gasteiger partial charge in [-0.3, -0.25) is 4.98 Å². The van der Waals surface area contributed by atoms with Gasteiger partial charge in [-0.25, -0.2) is 9.29 Å². The van der Waals surface area contributed by atoms with E-state index in [4.69, 9.17) is 0 Å². The quantitative estimate of drug-likeness (QED) is 0.661. The molecule has 0 atom stereocenters. The van der Waals surface area contributed by atoms with E-state index in [9.17, 15) is 0 Å². The molecule has 70 valence electrons. The SMILES string of the molecule is SN1CCN(c2cnccn2)CC1. The van der Waals surface area contributed by atoms with Gasteiger partial charge in [0.15, 0.2) is 0 Å². The predicted molar refractivity (Wildman–Crippen MR) is 54.8 cm³/mol. The van der Waals surface area contributed by atoms with E-state index >= 15 is 0 Å². The minimum atomic E-state index is 0.962. The van der Waals surface area contributed by atoms with E-state index in [-0.39, 0.29) is 0 Å². The van der Waals surface area contributed by atoms with Crippen LogP contribution in [0.5, 0.6) is 0 Å². The minimum absolute atomic E-state index is 0.962. The Morgan fingerprint density at radius 3 is 2.54 bits per heavy atom. The van der Waals surface area contributed by atoms with Crippen molar-refractivity contribution in [1.82, 2.24) is 14.3 Å². The molecule has 0 radical (unpaired) electrons. The molecular formula is C8H12N4S. The maximum Gasteiger partial charge on any atom is 0.147 e. The molecule has 0 unspecified atom stereocenters. The van der Waals surface area contributed by atoms with Gasteiger partial charge in [0.2, 0.25) is 0 Å². The lowest BCUT2D eigenvalue weighted by molar-refractivity contribution is 0.432. The lowest BCUT2D eigenvalue weighted by Gasteiger charge is -2.31. The maximum atomic E-state index is 4.29. The molecule has 4 nitrogen and oxygen atoms in total. The van der Waals surface area contributed by atoms with Crippen LogP contribution >= 0.6 is 12.8 Å². The van der Waals surface area contributed by atoms with Crippen molar-refractivity contribution in [3.63, 3.8) is 0 Å². The monoisotopic (exact) mass is 196 g/mol. The average molecular weight is 196 g/mol. The number of hydrogen-bond donors (Lipinski definition) is 1. The topological polar surface area (TPSA) is 32.3 Å². The number of hydrogen-bond acceptors (Lipinski definition) is 5. The molecule has 2 rings (SSSR count). The highest BCUT2D eigenvalue weighted by molar-refractivity contribution is 7.77. The molecule has 0 bridgehead atoms. The molecule has 1 aliphatic heterocycles. The third-order valence-electron chi connectivity index (χ3n) is 2.13. The second kappa shape index (κ2) is 3.93. The van der Waals surface area contributed by atoms with Crippen LogP contribution in [-0.4, -0.2) is 40.5 Å².